The van der Waals surface area contributed by atoms with Gasteiger partial charge in [-0.3, -0.25) is 10.1 Å². The zero-order valence-electron chi connectivity index (χ0n) is 14.1. The lowest BCUT2D eigenvalue weighted by molar-refractivity contribution is 0.102. The van der Waals surface area contributed by atoms with Crippen LogP contribution in [0.4, 0.5) is 9.52 Å². The molecule has 4 aromatic rings. The fourth-order valence-corrected chi connectivity index (χ4v) is 4.44. The van der Waals surface area contributed by atoms with Crippen molar-refractivity contribution in [3.05, 3.63) is 83.7 Å². The third-order valence-electron chi connectivity index (χ3n) is 3.98. The number of amides is 1. The van der Waals surface area contributed by atoms with Crippen molar-refractivity contribution < 1.29 is 9.18 Å². The Balaban J connectivity index is 1.44. The van der Waals surface area contributed by atoms with Gasteiger partial charge in [0.25, 0.3) is 5.91 Å². The fourth-order valence-electron chi connectivity index (χ4n) is 2.69. The summed E-state index contributed by atoms with van der Waals surface area (Å²) in [6.45, 7) is 0. The van der Waals surface area contributed by atoms with Gasteiger partial charge in [-0.1, -0.05) is 77.7 Å². The molecule has 1 aromatic heterocycles. The summed E-state index contributed by atoms with van der Waals surface area (Å²) in [5.41, 5.74) is 1.20. The van der Waals surface area contributed by atoms with Crippen LogP contribution in [0.5, 0.6) is 0 Å². The number of halogens is 1. The summed E-state index contributed by atoms with van der Waals surface area (Å²) in [5, 5.41) is 13.4. The van der Waals surface area contributed by atoms with Gasteiger partial charge in [-0.2, -0.15) is 0 Å². The van der Waals surface area contributed by atoms with Gasteiger partial charge >= 0.3 is 0 Å². The molecule has 0 radical (unpaired) electrons. The van der Waals surface area contributed by atoms with Crippen molar-refractivity contribution in [3.8, 4) is 0 Å². The zero-order chi connectivity index (χ0) is 18.6. The molecule has 0 saturated carbocycles. The van der Waals surface area contributed by atoms with Gasteiger partial charge in [-0.05, 0) is 28.5 Å². The summed E-state index contributed by atoms with van der Waals surface area (Å²) in [7, 11) is 0. The van der Waals surface area contributed by atoms with Crippen LogP contribution in [-0.4, -0.2) is 16.1 Å². The van der Waals surface area contributed by atoms with Crippen LogP contribution >= 0.6 is 23.1 Å². The predicted molar refractivity (Wildman–Crippen MR) is 108 cm³/mol. The average Bonchev–Trinajstić information content (AvgIpc) is 3.14. The lowest BCUT2D eigenvalue weighted by Crippen LogP contribution is -2.13. The van der Waals surface area contributed by atoms with E-state index in [1.54, 1.807) is 23.9 Å². The Labute approximate surface area is 163 Å². The molecule has 1 amide bonds. The highest BCUT2D eigenvalue weighted by Crippen LogP contribution is 2.31. The van der Waals surface area contributed by atoms with E-state index in [0.717, 1.165) is 10.1 Å². The van der Waals surface area contributed by atoms with E-state index >= 15 is 0 Å². The van der Waals surface area contributed by atoms with Gasteiger partial charge in [0.2, 0.25) is 5.13 Å². The molecule has 0 aliphatic rings. The van der Waals surface area contributed by atoms with Gasteiger partial charge in [-0.25, -0.2) is 4.39 Å². The molecule has 0 bridgehead atoms. The first-order valence-electron chi connectivity index (χ1n) is 8.19. The molecule has 0 saturated heterocycles. The number of fused-ring (bicyclic) bond motifs is 1. The molecule has 3 aromatic carbocycles. The number of rotatable bonds is 5. The number of nitrogens with zero attached hydrogens (tertiary/aromatic N) is 2. The Morgan fingerprint density at radius 1 is 1.00 bits per heavy atom. The molecule has 7 heteroatoms. The first kappa shape index (κ1) is 17.6. The predicted octanol–water partition coefficient (Wildman–Crippen LogP) is 5.38. The van der Waals surface area contributed by atoms with Crippen LogP contribution in [0.2, 0.25) is 0 Å². The summed E-state index contributed by atoms with van der Waals surface area (Å²) < 4.78 is 14.4. The third-order valence-corrected chi connectivity index (χ3v) is 6.00. The Bertz CT molecular complexity index is 1110. The number of nitrogens with one attached hydrogen (secondary N) is 1. The highest BCUT2D eigenvalue weighted by atomic mass is 32.2. The van der Waals surface area contributed by atoms with Crippen molar-refractivity contribution in [2.75, 3.05) is 5.32 Å². The van der Waals surface area contributed by atoms with E-state index in [9.17, 15) is 9.18 Å². The van der Waals surface area contributed by atoms with E-state index in [-0.39, 0.29) is 5.56 Å². The Kier molecular flexibility index (Phi) is 5.13. The quantitative estimate of drug-likeness (QED) is 0.364. The molecule has 4 rings (SSSR count). The molecule has 1 N–H and O–H groups in total. The number of thioether (sulfide) groups is 1. The second-order valence-corrected chi connectivity index (χ2v) is 7.93. The number of hydrogen-bond acceptors (Lipinski definition) is 5. The van der Waals surface area contributed by atoms with Crippen molar-refractivity contribution in [3.63, 3.8) is 0 Å². The van der Waals surface area contributed by atoms with Crippen molar-refractivity contribution in [2.24, 2.45) is 0 Å². The minimum Gasteiger partial charge on any atom is -0.296 e. The summed E-state index contributed by atoms with van der Waals surface area (Å²) in [6.07, 6.45) is 0. The highest BCUT2D eigenvalue weighted by molar-refractivity contribution is 8.00. The van der Waals surface area contributed by atoms with Crippen LogP contribution in [0.1, 0.15) is 15.9 Å². The Morgan fingerprint density at radius 3 is 2.67 bits per heavy atom. The number of anilines is 1. The monoisotopic (exact) mass is 395 g/mol. The molecule has 0 aliphatic carbocycles. The third kappa shape index (κ3) is 3.99. The van der Waals surface area contributed by atoms with Crippen LogP contribution < -0.4 is 5.32 Å². The first-order chi connectivity index (χ1) is 13.2. The van der Waals surface area contributed by atoms with Crippen molar-refractivity contribution in [1.29, 1.82) is 0 Å². The lowest BCUT2D eigenvalue weighted by Gasteiger charge is -2.04. The highest BCUT2D eigenvalue weighted by Gasteiger charge is 2.14. The van der Waals surface area contributed by atoms with E-state index in [1.165, 1.54) is 39.8 Å². The SMILES string of the molecule is O=C(Nc1nnc(SCc2cccc3ccccc23)s1)c1ccccc1F. The summed E-state index contributed by atoms with van der Waals surface area (Å²) >= 11 is 2.83. The number of hydrogen-bond donors (Lipinski definition) is 1. The molecular weight excluding hydrogens is 381 g/mol. The molecule has 0 atom stereocenters. The summed E-state index contributed by atoms with van der Waals surface area (Å²) in [5.74, 6) is -0.350. The topological polar surface area (TPSA) is 54.9 Å². The van der Waals surface area contributed by atoms with E-state index in [2.05, 4.69) is 39.8 Å². The van der Waals surface area contributed by atoms with Gasteiger partial charge in [0.05, 0.1) is 5.56 Å². The van der Waals surface area contributed by atoms with E-state index in [0.29, 0.717) is 5.13 Å². The van der Waals surface area contributed by atoms with Gasteiger partial charge < -0.3 is 0 Å². The molecule has 0 unspecified atom stereocenters. The molecule has 134 valence electrons. The van der Waals surface area contributed by atoms with Crippen LogP contribution in [0, 0.1) is 5.82 Å². The largest absolute Gasteiger partial charge is 0.296 e. The minimum absolute atomic E-state index is 0.0161. The van der Waals surface area contributed by atoms with Crippen molar-refractivity contribution in [1.82, 2.24) is 10.2 Å². The lowest BCUT2D eigenvalue weighted by atomic mass is 10.1. The molecule has 1 heterocycles. The summed E-state index contributed by atoms with van der Waals surface area (Å²) in [6, 6.07) is 20.3. The van der Waals surface area contributed by atoms with Crippen molar-refractivity contribution in [2.45, 2.75) is 10.1 Å². The number of aromatic nitrogens is 2. The maximum atomic E-state index is 13.7. The first-order valence-corrected chi connectivity index (χ1v) is 10.00. The molecular formula is C20H14FN3OS2. The molecule has 4 nitrogen and oxygen atoms in total. The maximum absolute atomic E-state index is 13.7. The Hall–Kier alpha value is -2.77. The van der Waals surface area contributed by atoms with Crippen molar-refractivity contribution >= 4 is 44.9 Å². The average molecular weight is 395 g/mol. The van der Waals surface area contributed by atoms with Gasteiger partial charge in [0, 0.05) is 5.75 Å². The number of carbonyl (C=O) groups is 1. The van der Waals surface area contributed by atoms with E-state index in [4.69, 9.17) is 0 Å². The minimum atomic E-state index is -0.565. The summed E-state index contributed by atoms with van der Waals surface area (Å²) in [4.78, 5) is 12.2. The fraction of sp³-hybridized carbons (Fsp3) is 0.0500. The molecule has 0 aliphatic heterocycles. The van der Waals surface area contributed by atoms with Gasteiger partial charge in [-0.15, -0.1) is 10.2 Å². The molecule has 27 heavy (non-hydrogen) atoms. The van der Waals surface area contributed by atoms with Crippen LogP contribution in [0.15, 0.2) is 71.1 Å². The zero-order valence-corrected chi connectivity index (χ0v) is 15.7. The maximum Gasteiger partial charge on any atom is 0.260 e. The number of carbonyl (C=O) groups excluding carboxylic acids is 1. The molecule has 0 fully saturated rings. The standard InChI is InChI=1S/C20H14FN3OS2/c21-17-11-4-3-10-16(17)18(25)22-19-23-24-20(27-19)26-12-14-8-5-7-13-6-1-2-9-15(13)14/h1-11H,12H2,(H,22,23,25). The molecule has 0 spiro atoms. The van der Waals surface area contributed by atoms with Crippen LogP contribution in [0.25, 0.3) is 10.8 Å². The van der Waals surface area contributed by atoms with E-state index < -0.39 is 11.7 Å². The van der Waals surface area contributed by atoms with Crippen LogP contribution in [0.3, 0.4) is 0 Å². The normalized spacial score (nSPS) is 10.9. The van der Waals surface area contributed by atoms with Gasteiger partial charge in [0.15, 0.2) is 4.34 Å². The Morgan fingerprint density at radius 2 is 1.78 bits per heavy atom. The second-order valence-electron chi connectivity index (χ2n) is 5.73. The smallest absolute Gasteiger partial charge is 0.260 e. The second kappa shape index (κ2) is 7.85. The van der Waals surface area contributed by atoms with Gasteiger partial charge in [0.1, 0.15) is 5.82 Å². The number of benzene rings is 3. The van der Waals surface area contributed by atoms with E-state index in [1.807, 2.05) is 18.2 Å². The van der Waals surface area contributed by atoms with Crippen LogP contribution in [-0.2, 0) is 5.75 Å².